The van der Waals surface area contributed by atoms with Gasteiger partial charge in [-0.3, -0.25) is 9.55 Å². The van der Waals surface area contributed by atoms with Crippen molar-refractivity contribution in [3.63, 3.8) is 0 Å². The van der Waals surface area contributed by atoms with Gasteiger partial charge in [-0.25, -0.2) is 4.98 Å². The number of hydrogen-bond donors (Lipinski definition) is 1. The van der Waals surface area contributed by atoms with Crippen LogP contribution in [0.2, 0.25) is 0 Å². The lowest BCUT2D eigenvalue weighted by Gasteiger charge is -2.22. The SMILES string of the molecule is [2H]c1nc(-c2cc(-c3cccc4c3nc(-c3cc(C(C)C)cc(C(C)C)c3O)n4-c3ccc(-c4c(C(C)C)cccc4C([2H])(C)C)cc3C([2H])([2H])[2H])cc(C(C)(C)C)c2)c([2H])c(-c2c([2H])c([2H])c(C([2H])([2H])[2H])c([2H])c2[2H])c1[2H]. The van der Waals surface area contributed by atoms with Gasteiger partial charge in [-0.05, 0) is 152 Å². The van der Waals surface area contributed by atoms with Crippen molar-refractivity contribution in [3.05, 3.63) is 166 Å². The number of nitrogens with zero attached hydrogens (tertiary/aromatic N) is 3. The first-order valence-corrected chi connectivity index (χ1v) is 22.0. The van der Waals surface area contributed by atoms with Crippen LogP contribution in [-0.2, 0) is 5.41 Å². The van der Waals surface area contributed by atoms with Gasteiger partial charge in [-0.2, -0.15) is 0 Å². The largest absolute Gasteiger partial charge is 0.507 e. The number of rotatable bonds is 10. The van der Waals surface area contributed by atoms with Gasteiger partial charge in [0.1, 0.15) is 11.6 Å². The molecule has 0 spiro atoms. The molecule has 0 saturated carbocycles. The molecule has 4 nitrogen and oxygen atoms in total. The molecule has 6 aromatic carbocycles. The first-order chi connectivity index (χ1) is 36.1. The Kier molecular flexibility index (Phi) is 8.14. The molecular formula is C60H65N3O. The van der Waals surface area contributed by atoms with Crippen LogP contribution in [0.15, 0.2) is 127 Å². The Hall–Kier alpha value is -6.26. The normalized spacial score (nSPS) is 15.8. The number of para-hydroxylation sites is 1. The summed E-state index contributed by atoms with van der Waals surface area (Å²) in [5.74, 6) is -0.791. The van der Waals surface area contributed by atoms with Crippen LogP contribution in [0.1, 0.15) is 158 Å². The van der Waals surface area contributed by atoms with E-state index in [9.17, 15) is 7.85 Å². The number of aryl methyl sites for hydroxylation is 1. The van der Waals surface area contributed by atoms with Crippen LogP contribution >= 0.6 is 0 Å². The summed E-state index contributed by atoms with van der Waals surface area (Å²) in [6.45, 7) is 16.2. The summed E-state index contributed by atoms with van der Waals surface area (Å²) in [4.78, 5) is 9.84. The van der Waals surface area contributed by atoms with Gasteiger partial charge in [-0.15, -0.1) is 0 Å². The van der Waals surface area contributed by atoms with Gasteiger partial charge in [0, 0.05) is 26.9 Å². The van der Waals surface area contributed by atoms with Gasteiger partial charge in [0.2, 0.25) is 0 Å². The third kappa shape index (κ3) is 8.43. The standard InChI is InChI=1S/C60H65N3O/c1-35(2)44-32-51(38(7)8)58(64)52(33-44)59-62-57-50(45-29-46(31-47(30-45)60(11,12)13)53-34-42(26-27-61-53)41-22-20-39(9)21-23-41)18-15-19-55(57)63(59)54-25-24-43(28-40(54)10)56-48(36(3)4)16-14-17-49(56)37(5)6/h14-38,64H,1-13H3/i9D3,10D3,20D,21D,22D,23D,26D,27D,34D,36D. The number of hydrogen-bond acceptors (Lipinski definition) is 3. The molecule has 0 bridgehead atoms. The van der Waals surface area contributed by atoms with Gasteiger partial charge in [0.15, 0.2) is 0 Å². The van der Waals surface area contributed by atoms with Gasteiger partial charge < -0.3 is 5.11 Å². The lowest BCUT2D eigenvalue weighted by atomic mass is 9.83. The van der Waals surface area contributed by atoms with Crippen molar-refractivity contribution < 1.29 is 24.3 Å². The predicted molar refractivity (Wildman–Crippen MR) is 272 cm³/mol. The highest BCUT2D eigenvalue weighted by molar-refractivity contribution is 5.97. The molecule has 2 aromatic heterocycles. The summed E-state index contributed by atoms with van der Waals surface area (Å²) in [6, 6.07) is 21.8. The zero-order chi connectivity index (χ0) is 57.8. The third-order valence-corrected chi connectivity index (χ3v) is 12.0. The lowest BCUT2D eigenvalue weighted by molar-refractivity contribution is 0.466. The fourth-order valence-corrected chi connectivity index (χ4v) is 8.43. The molecule has 4 heteroatoms. The molecule has 0 fully saturated rings. The molecule has 8 rings (SSSR count). The molecular weight excluding hydrogens is 779 g/mol. The maximum absolute atomic E-state index is 12.4. The van der Waals surface area contributed by atoms with E-state index in [-0.39, 0.29) is 40.6 Å². The summed E-state index contributed by atoms with van der Waals surface area (Å²) >= 11 is 0. The molecule has 0 aliphatic carbocycles. The summed E-state index contributed by atoms with van der Waals surface area (Å²) in [5.41, 5.74) is 6.21. The van der Waals surface area contributed by atoms with Gasteiger partial charge >= 0.3 is 0 Å². The van der Waals surface area contributed by atoms with Crippen LogP contribution in [0.25, 0.3) is 72.7 Å². The first kappa shape index (κ1) is 30.0. The quantitative estimate of drug-likeness (QED) is 0.149. The van der Waals surface area contributed by atoms with Crippen LogP contribution in [0.5, 0.6) is 5.75 Å². The second kappa shape index (κ2) is 17.4. The fraction of sp³-hybridized carbons (Fsp3) is 0.300. The van der Waals surface area contributed by atoms with Crippen molar-refractivity contribution in [2.24, 2.45) is 0 Å². The molecule has 0 saturated heterocycles. The number of pyridine rings is 1. The summed E-state index contributed by atoms with van der Waals surface area (Å²) in [7, 11) is 0. The Morgan fingerprint density at radius 3 is 2.05 bits per heavy atom. The van der Waals surface area contributed by atoms with Crippen molar-refractivity contribution in [3.8, 4) is 67.5 Å². The van der Waals surface area contributed by atoms with E-state index in [1.807, 2.05) is 109 Å². The van der Waals surface area contributed by atoms with Crippen LogP contribution in [-0.4, -0.2) is 19.6 Å². The number of imidazole rings is 1. The van der Waals surface area contributed by atoms with Crippen molar-refractivity contribution in [2.45, 2.75) is 119 Å². The van der Waals surface area contributed by atoms with E-state index in [0.29, 0.717) is 50.1 Å². The molecule has 8 aromatic rings. The van der Waals surface area contributed by atoms with E-state index < -0.39 is 84.1 Å². The third-order valence-electron chi connectivity index (χ3n) is 12.0. The average molecular weight is 858 g/mol. The Balaban J connectivity index is 1.48. The van der Waals surface area contributed by atoms with Crippen molar-refractivity contribution in [1.82, 2.24) is 14.5 Å². The van der Waals surface area contributed by atoms with Crippen LogP contribution in [0.3, 0.4) is 0 Å². The molecule has 326 valence electrons. The smallest absolute Gasteiger partial charge is 0.149 e. The number of aromatic nitrogens is 3. The van der Waals surface area contributed by atoms with Crippen LogP contribution in [0, 0.1) is 13.7 Å². The Labute approximate surface area is 401 Å². The van der Waals surface area contributed by atoms with Crippen LogP contribution in [0.4, 0.5) is 0 Å². The van der Waals surface area contributed by atoms with Gasteiger partial charge in [0.05, 0.1) is 37.6 Å². The van der Waals surface area contributed by atoms with E-state index >= 15 is 0 Å². The highest BCUT2D eigenvalue weighted by Gasteiger charge is 2.26. The maximum atomic E-state index is 12.4. The number of aromatic hydroxyl groups is 1. The van der Waals surface area contributed by atoms with E-state index in [0.717, 1.165) is 27.8 Å². The van der Waals surface area contributed by atoms with Crippen LogP contribution < -0.4 is 0 Å². The molecule has 0 atom stereocenters. The second-order valence-electron chi connectivity index (χ2n) is 18.9. The minimum atomic E-state index is -3.00. The van der Waals surface area contributed by atoms with E-state index in [1.165, 1.54) is 0 Å². The molecule has 0 aliphatic heterocycles. The lowest BCUT2D eigenvalue weighted by Crippen LogP contribution is -2.11. The fourth-order valence-electron chi connectivity index (χ4n) is 8.43. The molecule has 0 unspecified atom stereocenters. The van der Waals surface area contributed by atoms with Crippen molar-refractivity contribution >= 4 is 11.0 Å². The summed E-state index contributed by atoms with van der Waals surface area (Å²) < 4.78 is 125. The first-order valence-electron chi connectivity index (χ1n) is 29.0. The zero-order valence-corrected chi connectivity index (χ0v) is 38.6. The highest BCUT2D eigenvalue weighted by atomic mass is 16.3. The molecule has 0 aliphatic rings. The Morgan fingerprint density at radius 2 is 1.38 bits per heavy atom. The number of benzene rings is 6. The Morgan fingerprint density at radius 1 is 0.656 bits per heavy atom. The summed E-state index contributed by atoms with van der Waals surface area (Å²) in [6.07, 6.45) is -0.617. The zero-order valence-electron chi connectivity index (χ0n) is 52.6. The van der Waals surface area contributed by atoms with Crippen molar-refractivity contribution in [1.29, 1.82) is 0 Å². The number of phenolic OH excluding ortho intramolecular Hbond substituents is 1. The molecule has 1 N–H and O–H groups in total. The van der Waals surface area contributed by atoms with E-state index in [2.05, 4.69) is 32.7 Å². The van der Waals surface area contributed by atoms with Gasteiger partial charge in [0.25, 0.3) is 0 Å². The number of fused-ring (bicyclic) bond motifs is 1. The maximum Gasteiger partial charge on any atom is 0.149 e. The minimum Gasteiger partial charge on any atom is -0.507 e. The second-order valence-corrected chi connectivity index (χ2v) is 18.9. The highest BCUT2D eigenvalue weighted by Crippen LogP contribution is 2.45. The Bertz CT molecular complexity index is 3680. The minimum absolute atomic E-state index is 0.00607. The number of phenols is 1. The molecule has 0 radical (unpaired) electrons. The summed E-state index contributed by atoms with van der Waals surface area (Å²) in [5, 5.41) is 12.4. The monoisotopic (exact) mass is 858 g/mol. The van der Waals surface area contributed by atoms with Gasteiger partial charge in [-0.1, -0.05) is 154 Å². The van der Waals surface area contributed by atoms with E-state index in [1.54, 1.807) is 28.8 Å². The predicted octanol–water partition coefficient (Wildman–Crippen LogP) is 16.9. The molecule has 2 heterocycles. The van der Waals surface area contributed by atoms with E-state index in [4.69, 9.17) is 21.4 Å². The topological polar surface area (TPSA) is 50.9 Å². The van der Waals surface area contributed by atoms with Crippen molar-refractivity contribution in [2.75, 3.05) is 0 Å². The molecule has 64 heavy (non-hydrogen) atoms. The average Bonchev–Trinajstić information content (AvgIpc) is 3.90. The molecule has 0 amide bonds.